The van der Waals surface area contributed by atoms with Crippen LogP contribution in [-0.4, -0.2) is 54.8 Å². The Kier molecular flexibility index (Phi) is 7.20. The lowest BCUT2D eigenvalue weighted by molar-refractivity contribution is -0.130. The fraction of sp³-hybridized carbons (Fsp3) is 0.308. The molecule has 0 saturated carbocycles. The number of fused-ring (bicyclic) bond motifs is 1. The van der Waals surface area contributed by atoms with E-state index >= 15 is 0 Å². The van der Waals surface area contributed by atoms with Gasteiger partial charge in [0.1, 0.15) is 17.1 Å². The number of pyridine rings is 1. The van der Waals surface area contributed by atoms with Crippen LogP contribution >= 0.6 is 0 Å². The average Bonchev–Trinajstić information content (AvgIpc) is 2.85. The summed E-state index contributed by atoms with van der Waals surface area (Å²) in [5.41, 5.74) is 4.87. The van der Waals surface area contributed by atoms with E-state index in [-0.39, 0.29) is 18.7 Å². The number of amides is 1. The van der Waals surface area contributed by atoms with Crippen molar-refractivity contribution in [2.45, 2.75) is 24.7 Å². The first-order chi connectivity index (χ1) is 16.8. The fourth-order valence-electron chi connectivity index (χ4n) is 4.69. The van der Waals surface area contributed by atoms with Gasteiger partial charge in [-0.25, -0.2) is 13.9 Å². The molecule has 1 unspecified atom stereocenters. The fourth-order valence-corrected chi connectivity index (χ4v) is 6.80. The molecule has 9 heteroatoms. The summed E-state index contributed by atoms with van der Waals surface area (Å²) in [5, 5.41) is 10.1. The van der Waals surface area contributed by atoms with E-state index in [1.807, 2.05) is 42.2 Å². The van der Waals surface area contributed by atoms with Gasteiger partial charge >= 0.3 is 0 Å². The number of hydrogen-bond acceptors (Lipinski definition) is 7. The molecule has 1 fully saturated rings. The third kappa shape index (κ3) is 5.07. The predicted octanol–water partition coefficient (Wildman–Crippen LogP) is 3.13. The SMILES string of the molecule is C=CCN1CCS(=O)(=O)C(CC(=O)NO)(c2ccc(OCc3cc(C)nc4ccccc34)cc2)C1. The number of ether oxygens (including phenoxy) is 1. The van der Waals surface area contributed by atoms with Gasteiger partial charge in [0.05, 0.1) is 17.7 Å². The minimum atomic E-state index is -3.69. The number of sulfone groups is 1. The van der Waals surface area contributed by atoms with Crippen molar-refractivity contribution in [3.63, 3.8) is 0 Å². The van der Waals surface area contributed by atoms with Crippen LogP contribution in [0.1, 0.15) is 23.2 Å². The normalized spacial score (nSPS) is 19.8. The van der Waals surface area contributed by atoms with E-state index < -0.39 is 20.5 Å². The number of nitrogens with zero attached hydrogens (tertiary/aromatic N) is 2. The van der Waals surface area contributed by atoms with Crippen molar-refractivity contribution in [1.82, 2.24) is 15.4 Å². The Morgan fingerprint density at radius 3 is 2.71 bits per heavy atom. The van der Waals surface area contributed by atoms with E-state index in [0.717, 1.165) is 22.2 Å². The Balaban J connectivity index is 1.62. The van der Waals surface area contributed by atoms with E-state index in [1.165, 1.54) is 0 Å². The molecule has 3 aromatic rings. The molecule has 8 nitrogen and oxygen atoms in total. The molecule has 1 saturated heterocycles. The summed E-state index contributed by atoms with van der Waals surface area (Å²) in [5.74, 6) is -0.272. The maximum absolute atomic E-state index is 13.3. The van der Waals surface area contributed by atoms with Crippen LogP contribution in [0.2, 0.25) is 0 Å². The quantitative estimate of drug-likeness (QED) is 0.281. The second kappa shape index (κ2) is 10.2. The molecule has 0 radical (unpaired) electrons. The van der Waals surface area contributed by atoms with E-state index in [2.05, 4.69) is 11.6 Å². The highest BCUT2D eigenvalue weighted by Crippen LogP contribution is 2.39. The van der Waals surface area contributed by atoms with Gasteiger partial charge in [-0.1, -0.05) is 36.4 Å². The van der Waals surface area contributed by atoms with Gasteiger partial charge in [0.15, 0.2) is 9.84 Å². The van der Waals surface area contributed by atoms with Crippen LogP contribution in [0.25, 0.3) is 10.9 Å². The van der Waals surface area contributed by atoms with Gasteiger partial charge in [-0.05, 0) is 36.8 Å². The molecule has 0 bridgehead atoms. The Morgan fingerprint density at radius 2 is 2.00 bits per heavy atom. The maximum atomic E-state index is 13.3. The number of para-hydroxylation sites is 1. The summed E-state index contributed by atoms with van der Waals surface area (Å²) in [6.07, 6.45) is 1.32. The third-order valence-corrected chi connectivity index (χ3v) is 8.83. The van der Waals surface area contributed by atoms with E-state index in [1.54, 1.807) is 35.8 Å². The van der Waals surface area contributed by atoms with Crippen LogP contribution in [0, 0.1) is 6.92 Å². The number of hydrogen-bond donors (Lipinski definition) is 2. The van der Waals surface area contributed by atoms with Crippen molar-refractivity contribution >= 4 is 26.6 Å². The molecule has 0 spiro atoms. The molecule has 35 heavy (non-hydrogen) atoms. The molecule has 184 valence electrons. The van der Waals surface area contributed by atoms with Crippen molar-refractivity contribution in [3.8, 4) is 5.75 Å². The molecule has 0 aliphatic carbocycles. The number of carbonyl (C=O) groups is 1. The zero-order chi connectivity index (χ0) is 25.1. The van der Waals surface area contributed by atoms with E-state index in [0.29, 0.717) is 31.0 Å². The lowest BCUT2D eigenvalue weighted by atomic mass is 9.93. The van der Waals surface area contributed by atoms with Crippen LogP contribution in [0.4, 0.5) is 0 Å². The van der Waals surface area contributed by atoms with Crippen LogP contribution in [0.15, 0.2) is 67.3 Å². The molecule has 4 rings (SSSR count). The Bertz CT molecular complexity index is 1340. The maximum Gasteiger partial charge on any atom is 0.245 e. The molecule has 2 heterocycles. The molecule has 1 aromatic heterocycles. The van der Waals surface area contributed by atoms with Crippen LogP contribution in [-0.2, 0) is 26.0 Å². The standard InChI is InChI=1S/C26H29N3O5S/c1-3-12-29-13-14-35(32,33)26(18-29,16-25(30)28-31)21-8-10-22(11-9-21)34-17-20-15-19(2)27-24-7-5-4-6-23(20)24/h3-11,15,31H,1,12-14,16-18H2,2H3,(H,28,30). The van der Waals surface area contributed by atoms with Gasteiger partial charge in [0, 0.05) is 36.3 Å². The highest BCUT2D eigenvalue weighted by Gasteiger charge is 2.50. The first-order valence-corrected chi connectivity index (χ1v) is 13.0. The van der Waals surface area contributed by atoms with Crippen molar-refractivity contribution in [2.24, 2.45) is 0 Å². The largest absolute Gasteiger partial charge is 0.489 e. The summed E-state index contributed by atoms with van der Waals surface area (Å²) in [6, 6.07) is 16.7. The number of aryl methyl sites for hydroxylation is 1. The minimum absolute atomic E-state index is 0.0910. The first kappa shape index (κ1) is 24.8. The smallest absolute Gasteiger partial charge is 0.245 e. The summed E-state index contributed by atoms with van der Waals surface area (Å²) in [6.45, 7) is 6.98. The highest BCUT2D eigenvalue weighted by atomic mass is 32.2. The number of benzene rings is 2. The van der Waals surface area contributed by atoms with Crippen LogP contribution in [0.5, 0.6) is 5.75 Å². The third-order valence-electron chi connectivity index (χ3n) is 6.41. The van der Waals surface area contributed by atoms with Gasteiger partial charge in [-0.2, -0.15) is 0 Å². The van der Waals surface area contributed by atoms with Gasteiger partial charge in [0.2, 0.25) is 5.91 Å². The van der Waals surface area contributed by atoms with Gasteiger partial charge in [-0.15, -0.1) is 6.58 Å². The molecule has 1 amide bonds. The zero-order valence-corrected chi connectivity index (χ0v) is 20.4. The first-order valence-electron chi connectivity index (χ1n) is 11.3. The molecular formula is C26H29N3O5S. The van der Waals surface area contributed by atoms with Gasteiger partial charge in [0.25, 0.3) is 0 Å². The molecular weight excluding hydrogens is 466 g/mol. The highest BCUT2D eigenvalue weighted by molar-refractivity contribution is 7.92. The molecule has 2 N–H and O–H groups in total. The monoisotopic (exact) mass is 495 g/mol. The average molecular weight is 496 g/mol. The molecule has 1 aliphatic rings. The van der Waals surface area contributed by atoms with E-state index in [4.69, 9.17) is 9.94 Å². The second-order valence-corrected chi connectivity index (χ2v) is 11.2. The predicted molar refractivity (Wildman–Crippen MR) is 134 cm³/mol. The summed E-state index contributed by atoms with van der Waals surface area (Å²) in [4.78, 5) is 18.7. The van der Waals surface area contributed by atoms with Crippen molar-refractivity contribution < 1.29 is 23.2 Å². The molecule has 1 aliphatic heterocycles. The number of carbonyl (C=O) groups excluding carboxylic acids is 1. The van der Waals surface area contributed by atoms with Gasteiger partial charge in [-0.3, -0.25) is 19.9 Å². The van der Waals surface area contributed by atoms with Crippen LogP contribution < -0.4 is 10.2 Å². The van der Waals surface area contributed by atoms with Crippen molar-refractivity contribution in [3.05, 3.63) is 84.1 Å². The summed E-state index contributed by atoms with van der Waals surface area (Å²) in [7, 11) is -3.69. The number of aromatic nitrogens is 1. The Hall–Kier alpha value is -3.27. The lowest BCUT2D eigenvalue weighted by Gasteiger charge is -2.42. The summed E-state index contributed by atoms with van der Waals surface area (Å²) >= 11 is 0. The Morgan fingerprint density at radius 1 is 1.26 bits per heavy atom. The van der Waals surface area contributed by atoms with E-state index in [9.17, 15) is 13.2 Å². The Labute approximate surface area is 205 Å². The number of rotatable bonds is 8. The van der Waals surface area contributed by atoms with Crippen molar-refractivity contribution in [2.75, 3.05) is 25.4 Å². The number of hydroxylamine groups is 1. The number of nitrogens with one attached hydrogen (secondary N) is 1. The summed E-state index contributed by atoms with van der Waals surface area (Å²) < 4.78 is 31.1. The molecule has 1 atom stereocenters. The van der Waals surface area contributed by atoms with Crippen molar-refractivity contribution in [1.29, 1.82) is 0 Å². The zero-order valence-electron chi connectivity index (χ0n) is 19.6. The minimum Gasteiger partial charge on any atom is -0.489 e. The molecule has 2 aromatic carbocycles. The van der Waals surface area contributed by atoms with Crippen LogP contribution in [0.3, 0.4) is 0 Å². The van der Waals surface area contributed by atoms with Gasteiger partial charge < -0.3 is 4.74 Å². The lowest BCUT2D eigenvalue weighted by Crippen LogP contribution is -2.55. The topological polar surface area (TPSA) is 109 Å². The second-order valence-electron chi connectivity index (χ2n) is 8.80.